The van der Waals surface area contributed by atoms with E-state index < -0.39 is 25.0 Å². The number of methoxy groups -OCH3 is 1. The number of benzene rings is 1. The molecule has 6 atom stereocenters. The molecule has 200 valence electrons. The Morgan fingerprint density at radius 3 is 2.39 bits per heavy atom. The molecule has 1 aromatic rings. The third-order valence-electron chi connectivity index (χ3n) is 9.40. The second kappa shape index (κ2) is 10.0. The fourth-order valence-corrected chi connectivity index (χ4v) is 7.82. The van der Waals surface area contributed by atoms with Crippen LogP contribution in [-0.4, -0.2) is 51.0 Å². The average molecular weight is 515 g/mol. The maximum atomic E-state index is 14.4. The molecule has 4 rings (SSSR count). The lowest BCUT2D eigenvalue weighted by Gasteiger charge is -2.60. The van der Waals surface area contributed by atoms with E-state index in [1.807, 2.05) is 30.3 Å². The van der Waals surface area contributed by atoms with E-state index in [0.29, 0.717) is 26.1 Å². The summed E-state index contributed by atoms with van der Waals surface area (Å²) in [5.41, 5.74) is -0.558. The van der Waals surface area contributed by atoms with Crippen LogP contribution in [0.5, 0.6) is 5.75 Å². The van der Waals surface area contributed by atoms with Gasteiger partial charge in [-0.3, -0.25) is 4.79 Å². The van der Waals surface area contributed by atoms with Crippen molar-refractivity contribution in [1.29, 1.82) is 0 Å². The summed E-state index contributed by atoms with van der Waals surface area (Å²) in [6.45, 7) is 14.8. The van der Waals surface area contributed by atoms with Crippen LogP contribution in [0.3, 0.4) is 0 Å². The van der Waals surface area contributed by atoms with Crippen molar-refractivity contribution in [1.82, 2.24) is 0 Å². The first kappa shape index (κ1) is 27.6. The maximum absolute atomic E-state index is 14.4. The van der Waals surface area contributed by atoms with Gasteiger partial charge in [0.05, 0.1) is 37.4 Å². The molecule has 0 saturated heterocycles. The van der Waals surface area contributed by atoms with Crippen molar-refractivity contribution in [3.8, 4) is 5.75 Å². The zero-order valence-corrected chi connectivity index (χ0v) is 24.3. The van der Waals surface area contributed by atoms with Crippen LogP contribution in [0.4, 0.5) is 0 Å². The number of ketones is 1. The Kier molecular flexibility index (Phi) is 7.66. The van der Waals surface area contributed by atoms with Gasteiger partial charge in [0, 0.05) is 20.1 Å². The Balaban J connectivity index is 1.50. The van der Waals surface area contributed by atoms with Crippen molar-refractivity contribution >= 4 is 13.9 Å². The molecule has 0 radical (unpaired) electrons. The van der Waals surface area contributed by atoms with E-state index in [9.17, 15) is 9.90 Å². The Bertz CT molecular complexity index is 965. The Hall–Kier alpha value is -1.47. The fraction of sp³-hybridized carbons (Fsp3) is 0.700. The molecule has 0 aliphatic heterocycles. The maximum Gasteiger partial charge on any atom is 0.154 e. The lowest BCUT2D eigenvalue weighted by Crippen LogP contribution is -2.66. The molecule has 1 aromatic carbocycles. The molecule has 2 fully saturated rings. The fourth-order valence-electron chi connectivity index (χ4n) is 7.09. The van der Waals surface area contributed by atoms with E-state index in [2.05, 4.69) is 46.5 Å². The minimum atomic E-state index is -1.24. The van der Waals surface area contributed by atoms with Crippen molar-refractivity contribution in [3.63, 3.8) is 0 Å². The Morgan fingerprint density at radius 2 is 1.75 bits per heavy atom. The first-order valence-electron chi connectivity index (χ1n) is 13.6. The largest absolute Gasteiger partial charge is 0.497 e. The number of aliphatic hydroxyl groups excluding tert-OH is 1. The molecular formula is C30H46O5Si. The number of ether oxygens (including phenoxy) is 3. The van der Waals surface area contributed by atoms with Gasteiger partial charge in [-0.05, 0) is 60.8 Å². The molecule has 0 unspecified atom stereocenters. The predicted molar refractivity (Wildman–Crippen MR) is 146 cm³/mol. The first-order chi connectivity index (χ1) is 16.8. The van der Waals surface area contributed by atoms with Gasteiger partial charge in [-0.1, -0.05) is 64.7 Å². The normalized spacial score (nSPS) is 35.7. The predicted octanol–water partition coefficient (Wildman–Crippen LogP) is 6.03. The molecular weight excluding hydrogens is 468 g/mol. The molecule has 0 bridgehead atoms. The highest BCUT2D eigenvalue weighted by Crippen LogP contribution is 2.62. The molecule has 0 aromatic heterocycles. The molecule has 0 amide bonds. The van der Waals surface area contributed by atoms with Crippen LogP contribution in [0.25, 0.3) is 0 Å². The quantitative estimate of drug-likeness (QED) is 0.339. The van der Waals surface area contributed by atoms with Crippen molar-refractivity contribution < 1.29 is 24.1 Å². The van der Waals surface area contributed by atoms with E-state index in [1.54, 1.807) is 7.11 Å². The molecule has 1 spiro atoms. The van der Waals surface area contributed by atoms with E-state index in [-0.39, 0.29) is 29.3 Å². The smallest absolute Gasteiger partial charge is 0.154 e. The van der Waals surface area contributed by atoms with Crippen LogP contribution in [-0.2, 0) is 20.9 Å². The van der Waals surface area contributed by atoms with Crippen LogP contribution >= 0.6 is 0 Å². The van der Waals surface area contributed by atoms with Gasteiger partial charge in [-0.2, -0.15) is 0 Å². The third-order valence-corrected chi connectivity index (χ3v) is 11.1. The highest BCUT2D eigenvalue weighted by atomic mass is 28.3. The molecule has 5 nitrogen and oxygen atoms in total. The first-order valence-corrected chi connectivity index (χ1v) is 17.3. The van der Waals surface area contributed by atoms with Gasteiger partial charge in [0.2, 0.25) is 0 Å². The van der Waals surface area contributed by atoms with Gasteiger partial charge in [-0.25, -0.2) is 0 Å². The van der Waals surface area contributed by atoms with E-state index in [1.165, 1.54) is 0 Å². The minimum absolute atomic E-state index is 0.0228. The lowest BCUT2D eigenvalue weighted by molar-refractivity contribution is -0.199. The van der Waals surface area contributed by atoms with E-state index in [4.69, 9.17) is 14.2 Å². The summed E-state index contributed by atoms with van der Waals surface area (Å²) < 4.78 is 18.1. The Morgan fingerprint density at radius 1 is 1.06 bits per heavy atom. The second-order valence-electron chi connectivity index (χ2n) is 13.3. The zero-order valence-electron chi connectivity index (χ0n) is 23.3. The highest BCUT2D eigenvalue weighted by Gasteiger charge is 2.67. The van der Waals surface area contributed by atoms with E-state index >= 15 is 0 Å². The van der Waals surface area contributed by atoms with Crippen molar-refractivity contribution in [2.75, 3.05) is 13.7 Å². The molecule has 2 saturated carbocycles. The topological polar surface area (TPSA) is 65.0 Å². The zero-order chi connectivity index (χ0) is 26.4. The van der Waals surface area contributed by atoms with Crippen LogP contribution in [0.15, 0.2) is 36.4 Å². The van der Waals surface area contributed by atoms with Crippen LogP contribution < -0.4 is 4.74 Å². The average Bonchev–Trinajstić information content (AvgIpc) is 3.23. The molecule has 6 heteroatoms. The summed E-state index contributed by atoms with van der Waals surface area (Å²) in [4.78, 5) is 14.4. The number of rotatable bonds is 8. The van der Waals surface area contributed by atoms with Crippen LogP contribution in [0.2, 0.25) is 25.7 Å². The van der Waals surface area contributed by atoms with Gasteiger partial charge < -0.3 is 19.3 Å². The number of hydrogen-bond donors (Lipinski definition) is 1. The molecule has 3 aliphatic rings. The number of carbonyl (C=O) groups is 1. The molecule has 1 N–H and O–H groups in total. The van der Waals surface area contributed by atoms with Crippen molar-refractivity contribution in [2.45, 2.75) is 97.1 Å². The summed E-state index contributed by atoms with van der Waals surface area (Å²) in [6.07, 6.45) is 5.96. The van der Waals surface area contributed by atoms with Crippen LogP contribution in [0, 0.1) is 22.2 Å². The molecule has 36 heavy (non-hydrogen) atoms. The van der Waals surface area contributed by atoms with Crippen molar-refractivity contribution in [2.24, 2.45) is 22.2 Å². The number of aliphatic hydroxyl groups is 1. The summed E-state index contributed by atoms with van der Waals surface area (Å²) in [5, 5.41) is 11.6. The number of fused-ring (bicyclic) bond motifs is 1. The van der Waals surface area contributed by atoms with Gasteiger partial charge in [-0.15, -0.1) is 0 Å². The SMILES string of the molecule is COc1ccc(CO[C@H]2CC[C@@]3(C)C(=O)[C@]4(C=CC[C@@H]4OCC[Si](C)(C)C)[C@@H](O)C[C@@H]3C2(C)C)cc1. The van der Waals surface area contributed by atoms with Gasteiger partial charge >= 0.3 is 0 Å². The summed E-state index contributed by atoms with van der Waals surface area (Å²) >= 11 is 0. The van der Waals surface area contributed by atoms with E-state index in [0.717, 1.165) is 30.2 Å². The third kappa shape index (κ3) is 4.86. The monoisotopic (exact) mass is 514 g/mol. The molecule has 0 heterocycles. The highest BCUT2D eigenvalue weighted by molar-refractivity contribution is 6.76. The Labute approximate surface area is 218 Å². The molecule has 3 aliphatic carbocycles. The van der Waals surface area contributed by atoms with Gasteiger partial charge in [0.25, 0.3) is 0 Å². The van der Waals surface area contributed by atoms with Gasteiger partial charge in [0.15, 0.2) is 5.78 Å². The summed E-state index contributed by atoms with van der Waals surface area (Å²) in [5.74, 6) is 1.05. The summed E-state index contributed by atoms with van der Waals surface area (Å²) in [6, 6.07) is 9.03. The second-order valence-corrected chi connectivity index (χ2v) is 18.9. The van der Waals surface area contributed by atoms with Gasteiger partial charge in [0.1, 0.15) is 5.75 Å². The standard InChI is InChI=1S/C30H46O5Si/c1-28(2)23-19-24(31)30(15-8-9-26(30)34-17-18-36(5,6)7)27(32)29(23,3)16-14-25(28)35-20-21-10-12-22(33-4)13-11-21/h8,10-13,15,23-26,31H,9,14,16-20H2,1-7H3/t23-,24+,25+,26+,29-,30-/m1/s1. The number of carbonyl (C=O) groups excluding carboxylic acids is 1. The number of Topliss-reactive ketones (excluding diaryl/α,β-unsaturated/α-hetero) is 1. The number of hydrogen-bond acceptors (Lipinski definition) is 5. The van der Waals surface area contributed by atoms with Crippen molar-refractivity contribution in [3.05, 3.63) is 42.0 Å². The van der Waals surface area contributed by atoms with Crippen LogP contribution in [0.1, 0.15) is 52.0 Å². The lowest BCUT2D eigenvalue weighted by atomic mass is 9.45. The summed E-state index contributed by atoms with van der Waals surface area (Å²) in [7, 11) is 0.423. The minimum Gasteiger partial charge on any atom is -0.497 e.